The summed E-state index contributed by atoms with van der Waals surface area (Å²) in [6.45, 7) is 21.3. The predicted molar refractivity (Wildman–Crippen MR) is 275 cm³/mol. The summed E-state index contributed by atoms with van der Waals surface area (Å²) >= 11 is 0. The molecule has 0 atom stereocenters. The zero-order valence-corrected chi connectivity index (χ0v) is 42.7. The average molecular weight is 866 g/mol. The topological polar surface area (TPSA) is 142 Å². The second-order valence-corrected chi connectivity index (χ2v) is 12.9. The second kappa shape index (κ2) is 46.6. The highest BCUT2D eigenvalue weighted by molar-refractivity contribution is 5.81. The quantitative estimate of drug-likeness (QED) is 0.162. The highest BCUT2D eigenvalue weighted by Gasteiger charge is 2.12. The molecule has 0 spiro atoms. The number of guanidine groups is 2. The van der Waals surface area contributed by atoms with Crippen molar-refractivity contribution in [2.75, 3.05) is 118 Å². The number of imidazole rings is 1. The first-order chi connectivity index (χ1) is 30.0. The number of anilines is 3. The summed E-state index contributed by atoms with van der Waals surface area (Å²) in [6.07, 6.45) is 14.5. The van der Waals surface area contributed by atoms with Crippen LogP contribution in [0.4, 0.5) is 17.6 Å². The molecule has 354 valence electrons. The van der Waals surface area contributed by atoms with Gasteiger partial charge in [-0.25, -0.2) is 15.0 Å². The van der Waals surface area contributed by atoms with Gasteiger partial charge in [0.15, 0.2) is 11.9 Å². The number of nitrogens with one attached hydrogen (secondary N) is 4. The number of rotatable bonds is 2. The Hall–Kier alpha value is -5.44. The summed E-state index contributed by atoms with van der Waals surface area (Å²) < 4.78 is 1.97. The number of hydrogen-bond acceptors (Lipinski definition) is 10. The number of aliphatic imine (C=N–C) groups is 2. The average Bonchev–Trinajstić information content (AvgIpc) is 4.04. The van der Waals surface area contributed by atoms with E-state index in [9.17, 15) is 0 Å². The molecular formula is C47H91N15. The molecule has 2 saturated heterocycles. The van der Waals surface area contributed by atoms with Crippen molar-refractivity contribution < 1.29 is 0 Å². The molecule has 2 fully saturated rings. The van der Waals surface area contributed by atoms with E-state index >= 15 is 0 Å². The molecule has 15 heteroatoms. The molecule has 0 radical (unpaired) electrons. The summed E-state index contributed by atoms with van der Waals surface area (Å²) in [5.41, 5.74) is 1.39. The van der Waals surface area contributed by atoms with Crippen LogP contribution >= 0.6 is 0 Å². The lowest BCUT2D eigenvalue weighted by molar-refractivity contribution is 0.505. The number of fused-ring (bicyclic) bond motifs is 1. The summed E-state index contributed by atoms with van der Waals surface area (Å²) in [4.78, 5) is 32.3. The van der Waals surface area contributed by atoms with E-state index in [0.717, 1.165) is 56.4 Å². The van der Waals surface area contributed by atoms with Crippen LogP contribution in [0.3, 0.4) is 0 Å². The Morgan fingerprint density at radius 3 is 1.37 bits per heavy atom. The molecule has 4 aromatic rings. The third kappa shape index (κ3) is 35.3. The Morgan fingerprint density at radius 1 is 0.548 bits per heavy atom. The first-order valence-electron chi connectivity index (χ1n) is 22.2. The van der Waals surface area contributed by atoms with Gasteiger partial charge in [0.2, 0.25) is 5.95 Å². The highest BCUT2D eigenvalue weighted by atomic mass is 15.3. The Bertz CT molecular complexity index is 1480. The Morgan fingerprint density at radius 2 is 1.05 bits per heavy atom. The van der Waals surface area contributed by atoms with Gasteiger partial charge in [-0.3, -0.25) is 15.0 Å². The molecule has 15 nitrogen and oxygen atoms in total. The van der Waals surface area contributed by atoms with Crippen molar-refractivity contribution in [2.45, 2.75) is 74.7 Å². The maximum Gasteiger partial charge on any atom is 0.204 e. The predicted octanol–water partition coefficient (Wildman–Crippen LogP) is 7.18. The fourth-order valence-electron chi connectivity index (χ4n) is 4.61. The van der Waals surface area contributed by atoms with Crippen molar-refractivity contribution >= 4 is 29.5 Å². The number of hydrogen-bond donors (Lipinski definition) is 4. The van der Waals surface area contributed by atoms with Gasteiger partial charge in [0.05, 0.1) is 0 Å². The van der Waals surface area contributed by atoms with E-state index in [1.807, 2.05) is 186 Å². The first kappa shape index (κ1) is 63.2. The minimum Gasteiger partial charge on any atom is -0.363 e. The minimum atomic E-state index is 0.917. The third-order valence-corrected chi connectivity index (χ3v) is 7.13. The SMILES string of the molecule is CC.CC.CC.CC.CN(C)C.CN(C)c1ccccn1.CN(C)c1nccn1C.CN1CCCc2cccnc21.CN=C1NCCCN1.CN=C1NCCN1.c1ccncc1. The Labute approximate surface area is 380 Å². The summed E-state index contributed by atoms with van der Waals surface area (Å²) in [5.74, 6) is 4.99. The molecule has 0 aliphatic carbocycles. The molecule has 4 aromatic heterocycles. The van der Waals surface area contributed by atoms with Gasteiger partial charge in [-0.1, -0.05) is 73.6 Å². The largest absolute Gasteiger partial charge is 0.363 e. The van der Waals surface area contributed by atoms with Crippen molar-refractivity contribution in [2.24, 2.45) is 17.0 Å². The maximum atomic E-state index is 4.33. The van der Waals surface area contributed by atoms with Crippen LogP contribution in [0.25, 0.3) is 0 Å². The zero-order chi connectivity index (χ0) is 48.0. The van der Waals surface area contributed by atoms with Crippen molar-refractivity contribution in [1.29, 1.82) is 0 Å². The summed E-state index contributed by atoms with van der Waals surface area (Å²) in [7, 11) is 21.5. The smallest absolute Gasteiger partial charge is 0.204 e. The van der Waals surface area contributed by atoms with Crippen LogP contribution < -0.4 is 36.0 Å². The molecule has 0 bridgehead atoms. The monoisotopic (exact) mass is 866 g/mol. The molecule has 7 heterocycles. The number of aromatic nitrogens is 5. The van der Waals surface area contributed by atoms with Crippen LogP contribution in [0.5, 0.6) is 0 Å². The zero-order valence-electron chi connectivity index (χ0n) is 42.7. The van der Waals surface area contributed by atoms with Crippen LogP contribution in [0, 0.1) is 0 Å². The van der Waals surface area contributed by atoms with Crippen molar-refractivity contribution in [1.82, 2.24) is 50.7 Å². The highest BCUT2D eigenvalue weighted by Crippen LogP contribution is 2.21. The van der Waals surface area contributed by atoms with Gasteiger partial charge >= 0.3 is 0 Å². The lowest BCUT2D eigenvalue weighted by Gasteiger charge is -2.25. The molecule has 62 heavy (non-hydrogen) atoms. The van der Waals surface area contributed by atoms with Crippen LogP contribution in [0.15, 0.2) is 95.7 Å². The van der Waals surface area contributed by atoms with Gasteiger partial charge in [0, 0.05) is 126 Å². The van der Waals surface area contributed by atoms with E-state index in [1.54, 1.807) is 38.9 Å². The number of nitrogens with zero attached hydrogens (tertiary/aromatic N) is 11. The van der Waals surface area contributed by atoms with Gasteiger partial charge in [-0.2, -0.15) is 0 Å². The molecule has 7 rings (SSSR count). The molecule has 4 N–H and O–H groups in total. The summed E-state index contributed by atoms with van der Waals surface area (Å²) in [5, 5.41) is 12.3. The lowest BCUT2D eigenvalue weighted by Crippen LogP contribution is -2.43. The van der Waals surface area contributed by atoms with E-state index in [1.165, 1.54) is 30.6 Å². The van der Waals surface area contributed by atoms with Gasteiger partial charge < -0.3 is 45.4 Å². The van der Waals surface area contributed by atoms with Crippen LogP contribution in [0.2, 0.25) is 0 Å². The van der Waals surface area contributed by atoms with Crippen molar-refractivity contribution in [3.8, 4) is 0 Å². The van der Waals surface area contributed by atoms with Crippen LogP contribution in [-0.2, 0) is 13.5 Å². The fraction of sp³-hybridized carbons (Fsp3) is 0.574. The summed E-state index contributed by atoms with van der Waals surface area (Å²) in [6, 6.07) is 15.7. The normalized spacial score (nSPS) is 11.8. The number of aryl methyl sites for hydroxylation is 2. The van der Waals surface area contributed by atoms with E-state index in [2.05, 4.69) is 69.2 Å². The molecule has 0 amide bonds. The first-order valence-corrected chi connectivity index (χ1v) is 22.2. The van der Waals surface area contributed by atoms with Gasteiger partial charge in [0.1, 0.15) is 11.6 Å². The molecule has 3 aliphatic rings. The Balaban J connectivity index is -0.000000312. The third-order valence-electron chi connectivity index (χ3n) is 7.13. The molecular weight excluding hydrogens is 775 g/mol. The van der Waals surface area contributed by atoms with Gasteiger partial charge in [0.25, 0.3) is 0 Å². The van der Waals surface area contributed by atoms with E-state index in [0.29, 0.717) is 0 Å². The second-order valence-electron chi connectivity index (χ2n) is 12.9. The van der Waals surface area contributed by atoms with Crippen molar-refractivity contribution in [3.63, 3.8) is 0 Å². The number of pyridine rings is 3. The fourth-order valence-corrected chi connectivity index (χ4v) is 4.61. The van der Waals surface area contributed by atoms with Crippen LogP contribution in [-0.4, -0.2) is 145 Å². The molecule has 0 saturated carbocycles. The van der Waals surface area contributed by atoms with Gasteiger partial charge in [-0.05, 0) is 76.3 Å². The van der Waals surface area contributed by atoms with Gasteiger partial charge in [-0.15, -0.1) is 0 Å². The minimum absolute atomic E-state index is 0.917. The lowest BCUT2D eigenvalue weighted by atomic mass is 10.1. The maximum absolute atomic E-state index is 4.33. The van der Waals surface area contributed by atoms with E-state index in [4.69, 9.17) is 0 Å². The van der Waals surface area contributed by atoms with E-state index < -0.39 is 0 Å². The molecule has 0 unspecified atom stereocenters. The van der Waals surface area contributed by atoms with E-state index in [-0.39, 0.29) is 0 Å². The molecule has 0 aromatic carbocycles. The van der Waals surface area contributed by atoms with Crippen LogP contribution in [0.1, 0.15) is 73.8 Å². The van der Waals surface area contributed by atoms with Crippen molar-refractivity contribution in [3.05, 3.63) is 91.3 Å². The Kier molecular flexibility index (Phi) is 47.5. The molecule has 3 aliphatic heterocycles. The standard InChI is InChI=1S/C9H12N2.C7H10N2.C6H11N3.C5H11N3.C5H5N.C4H9N3.C3H9N.4C2H6/c1-11-7-3-5-8-4-2-6-10-9(8)11;1-9(2)7-5-3-4-6-8-7;1-8(2)6-7-4-5-9(6)3;1-6-5-7-3-2-4-8-5;1-2-4-6-5-3-1;1-5-4-6-2-3-7-4;1-4(2)3;4*1-2/h2,4,6H,3,5,7H2,1H3;3-6H,1-2H3;4-5H,1-3H3;2-4H2,1H3,(H2,6,7,8);1-5H;2-3H2,1H3,(H2,5,6,7);1-3H3;4*1-2H3.